The van der Waals surface area contributed by atoms with E-state index >= 15 is 0 Å². The number of aliphatic hydroxyl groups is 2. The molecule has 18 heavy (non-hydrogen) atoms. The molecule has 0 aromatic heterocycles. The molecule has 2 saturated carbocycles. The number of hydrogen-bond acceptors (Lipinski definition) is 3. The van der Waals surface area contributed by atoms with Gasteiger partial charge in [0.05, 0.1) is 23.9 Å². The minimum atomic E-state index is -0.726. The zero-order chi connectivity index (χ0) is 13.2. The molecular weight excluding hydrogens is 228 g/mol. The van der Waals surface area contributed by atoms with E-state index in [2.05, 4.69) is 13.8 Å². The van der Waals surface area contributed by atoms with Crippen LogP contribution in [-0.4, -0.2) is 34.1 Å². The Morgan fingerprint density at radius 3 is 2.39 bits per heavy atom. The van der Waals surface area contributed by atoms with Crippen molar-refractivity contribution < 1.29 is 14.9 Å². The molecule has 1 aliphatic heterocycles. The van der Waals surface area contributed by atoms with Crippen LogP contribution < -0.4 is 0 Å². The van der Waals surface area contributed by atoms with Crippen LogP contribution in [-0.2, 0) is 4.74 Å². The lowest BCUT2D eigenvalue weighted by Crippen LogP contribution is -2.59. The lowest BCUT2D eigenvalue weighted by molar-refractivity contribution is -0.186. The van der Waals surface area contributed by atoms with Crippen LogP contribution >= 0.6 is 0 Å². The molecule has 0 amide bonds. The monoisotopic (exact) mass is 254 g/mol. The minimum absolute atomic E-state index is 0.00137. The van der Waals surface area contributed by atoms with E-state index in [0.29, 0.717) is 0 Å². The van der Waals surface area contributed by atoms with Gasteiger partial charge in [-0.2, -0.15) is 0 Å². The quantitative estimate of drug-likeness (QED) is 0.705. The molecule has 2 aliphatic carbocycles. The van der Waals surface area contributed by atoms with E-state index in [1.165, 1.54) is 0 Å². The summed E-state index contributed by atoms with van der Waals surface area (Å²) in [6.07, 6.45) is 4.73. The Bertz CT molecular complexity index is 348. The average molecular weight is 254 g/mol. The number of fused-ring (bicyclic) bond motifs is 1. The molecule has 3 fully saturated rings. The van der Waals surface area contributed by atoms with E-state index in [4.69, 9.17) is 4.74 Å². The van der Waals surface area contributed by atoms with Gasteiger partial charge < -0.3 is 14.9 Å². The Labute approximate surface area is 110 Å². The maximum absolute atomic E-state index is 10.8. The van der Waals surface area contributed by atoms with Gasteiger partial charge in [-0.25, -0.2) is 0 Å². The summed E-state index contributed by atoms with van der Waals surface area (Å²) in [6.45, 7) is 7.03. The second kappa shape index (κ2) is 3.71. The predicted octanol–water partition coefficient (Wildman–Crippen LogP) is 2.10. The molecule has 0 bridgehead atoms. The van der Waals surface area contributed by atoms with E-state index in [-0.39, 0.29) is 22.9 Å². The molecular formula is C15H26O3. The summed E-state index contributed by atoms with van der Waals surface area (Å²) in [5, 5.41) is 21.5. The van der Waals surface area contributed by atoms with Gasteiger partial charge in [0.1, 0.15) is 0 Å². The van der Waals surface area contributed by atoms with Gasteiger partial charge in [0.15, 0.2) is 0 Å². The van der Waals surface area contributed by atoms with Crippen molar-refractivity contribution in [2.24, 2.45) is 17.3 Å². The molecule has 0 radical (unpaired) electrons. The van der Waals surface area contributed by atoms with Crippen LogP contribution in [0.25, 0.3) is 0 Å². The summed E-state index contributed by atoms with van der Waals surface area (Å²) in [6, 6.07) is 0. The SMILES string of the molecule is CC1(O)CCCC2(C)CCC([C@]3(C)CO3)C(O)C12. The fourth-order valence-electron chi connectivity index (χ4n) is 4.86. The van der Waals surface area contributed by atoms with E-state index < -0.39 is 11.7 Å². The van der Waals surface area contributed by atoms with Crippen molar-refractivity contribution in [2.75, 3.05) is 6.61 Å². The molecule has 104 valence electrons. The molecule has 6 atom stereocenters. The highest BCUT2D eigenvalue weighted by Gasteiger charge is 2.61. The lowest BCUT2D eigenvalue weighted by atomic mass is 9.51. The minimum Gasteiger partial charge on any atom is -0.392 e. The standard InChI is InChI=1S/C15H26O3/c1-13-6-4-7-14(2,17)12(13)11(16)10(5-8-13)15(3)9-18-15/h10-12,16-17H,4-9H2,1-3H3/t10?,11?,12?,13?,14?,15-/m0/s1. The van der Waals surface area contributed by atoms with Crippen LogP contribution in [0.5, 0.6) is 0 Å². The zero-order valence-electron chi connectivity index (χ0n) is 11.8. The number of aliphatic hydroxyl groups excluding tert-OH is 1. The van der Waals surface area contributed by atoms with Crippen LogP contribution in [0, 0.1) is 17.3 Å². The second-order valence-electron chi connectivity index (χ2n) is 7.58. The fourth-order valence-corrected chi connectivity index (χ4v) is 4.86. The van der Waals surface area contributed by atoms with Crippen LogP contribution in [0.2, 0.25) is 0 Å². The highest BCUT2D eigenvalue weighted by atomic mass is 16.6. The summed E-state index contributed by atoms with van der Waals surface area (Å²) < 4.78 is 5.55. The van der Waals surface area contributed by atoms with Crippen LogP contribution in [0.3, 0.4) is 0 Å². The van der Waals surface area contributed by atoms with E-state index in [1.54, 1.807) is 0 Å². The van der Waals surface area contributed by atoms with Gasteiger partial charge in [0, 0.05) is 11.8 Å². The third-order valence-electron chi connectivity index (χ3n) is 6.02. The topological polar surface area (TPSA) is 53.0 Å². The van der Waals surface area contributed by atoms with E-state index in [9.17, 15) is 10.2 Å². The molecule has 3 rings (SSSR count). The number of hydrogen-bond donors (Lipinski definition) is 2. The van der Waals surface area contributed by atoms with Crippen molar-refractivity contribution in [1.29, 1.82) is 0 Å². The summed E-state index contributed by atoms with van der Waals surface area (Å²) in [7, 11) is 0. The largest absolute Gasteiger partial charge is 0.392 e. The molecule has 1 saturated heterocycles. The van der Waals surface area contributed by atoms with Crippen LogP contribution in [0.15, 0.2) is 0 Å². The molecule has 0 aromatic carbocycles. The third kappa shape index (κ3) is 1.75. The molecule has 3 nitrogen and oxygen atoms in total. The first-order valence-corrected chi connectivity index (χ1v) is 7.33. The first-order valence-electron chi connectivity index (χ1n) is 7.33. The van der Waals surface area contributed by atoms with Gasteiger partial charge in [0.25, 0.3) is 0 Å². The van der Waals surface area contributed by atoms with Gasteiger partial charge in [-0.3, -0.25) is 0 Å². The van der Waals surface area contributed by atoms with Crippen molar-refractivity contribution in [1.82, 2.24) is 0 Å². The summed E-state index contributed by atoms with van der Waals surface area (Å²) in [4.78, 5) is 0. The van der Waals surface area contributed by atoms with Gasteiger partial charge >= 0.3 is 0 Å². The summed E-state index contributed by atoms with van der Waals surface area (Å²) in [5.74, 6) is 0.193. The van der Waals surface area contributed by atoms with Crippen molar-refractivity contribution in [2.45, 2.75) is 70.2 Å². The first-order chi connectivity index (χ1) is 8.29. The van der Waals surface area contributed by atoms with E-state index in [1.807, 2.05) is 6.92 Å². The predicted molar refractivity (Wildman–Crippen MR) is 69.2 cm³/mol. The molecule has 3 aliphatic rings. The molecule has 5 unspecified atom stereocenters. The van der Waals surface area contributed by atoms with Gasteiger partial charge in [-0.1, -0.05) is 13.3 Å². The highest BCUT2D eigenvalue weighted by Crippen LogP contribution is 2.58. The molecule has 1 heterocycles. The van der Waals surface area contributed by atoms with Gasteiger partial charge in [-0.15, -0.1) is 0 Å². The Morgan fingerprint density at radius 2 is 1.78 bits per heavy atom. The maximum Gasteiger partial charge on any atom is 0.0941 e. The second-order valence-corrected chi connectivity index (χ2v) is 7.58. The number of epoxide rings is 1. The maximum atomic E-state index is 10.8. The smallest absolute Gasteiger partial charge is 0.0941 e. The number of ether oxygens (including phenoxy) is 1. The average Bonchev–Trinajstić information content (AvgIpc) is 2.95. The Balaban J connectivity index is 1.90. The first kappa shape index (κ1) is 12.9. The lowest BCUT2D eigenvalue weighted by Gasteiger charge is -2.57. The summed E-state index contributed by atoms with van der Waals surface area (Å²) in [5.41, 5.74) is -0.756. The van der Waals surface area contributed by atoms with Crippen molar-refractivity contribution in [3.63, 3.8) is 0 Å². The van der Waals surface area contributed by atoms with Crippen molar-refractivity contribution in [3.05, 3.63) is 0 Å². The zero-order valence-corrected chi connectivity index (χ0v) is 11.8. The molecule has 3 heteroatoms. The number of rotatable bonds is 1. The van der Waals surface area contributed by atoms with Crippen molar-refractivity contribution in [3.8, 4) is 0 Å². The Kier molecular flexibility index (Phi) is 2.66. The van der Waals surface area contributed by atoms with Gasteiger partial charge in [-0.05, 0) is 44.9 Å². The van der Waals surface area contributed by atoms with Gasteiger partial charge in [0.2, 0.25) is 0 Å². The Morgan fingerprint density at radius 1 is 1.11 bits per heavy atom. The third-order valence-corrected chi connectivity index (χ3v) is 6.02. The Hall–Kier alpha value is -0.120. The highest BCUT2D eigenvalue weighted by molar-refractivity contribution is 5.10. The van der Waals surface area contributed by atoms with E-state index in [0.717, 1.165) is 38.7 Å². The normalized spacial score (nSPS) is 60.2. The molecule has 0 spiro atoms. The van der Waals surface area contributed by atoms with Crippen LogP contribution in [0.4, 0.5) is 0 Å². The van der Waals surface area contributed by atoms with Crippen LogP contribution in [0.1, 0.15) is 52.9 Å². The van der Waals surface area contributed by atoms with Crippen molar-refractivity contribution >= 4 is 0 Å². The summed E-state index contributed by atoms with van der Waals surface area (Å²) >= 11 is 0. The molecule has 0 aromatic rings. The molecule has 2 N–H and O–H groups in total. The fraction of sp³-hybridized carbons (Fsp3) is 1.00.